The zero-order valence-electron chi connectivity index (χ0n) is 15.2. The molecule has 3 aromatic rings. The lowest BCUT2D eigenvalue weighted by Gasteiger charge is -2.21. The molecule has 0 fully saturated rings. The van der Waals surface area contributed by atoms with Gasteiger partial charge in [-0.05, 0) is 33.1 Å². The third-order valence-corrected chi connectivity index (χ3v) is 4.27. The lowest BCUT2D eigenvalue weighted by Crippen LogP contribution is -2.20. The van der Waals surface area contributed by atoms with Crippen LogP contribution in [0.5, 0.6) is 0 Å². The number of fused-ring (bicyclic) bond motifs is 1. The molecule has 0 aliphatic rings. The highest BCUT2D eigenvalue weighted by Gasteiger charge is 2.20. The summed E-state index contributed by atoms with van der Waals surface area (Å²) in [6.45, 7) is 10.5. The van der Waals surface area contributed by atoms with Gasteiger partial charge in [0.05, 0.1) is 11.7 Å². The van der Waals surface area contributed by atoms with Gasteiger partial charge in [-0.15, -0.1) is 0 Å². The van der Waals surface area contributed by atoms with Crippen molar-refractivity contribution in [2.24, 2.45) is 13.0 Å². The lowest BCUT2D eigenvalue weighted by molar-refractivity contribution is 0.496. The number of rotatable bonds is 5. The summed E-state index contributed by atoms with van der Waals surface area (Å²) in [7, 11) is 1.92. The van der Waals surface area contributed by atoms with E-state index < -0.39 is 0 Å². The maximum Gasteiger partial charge on any atom is 0.160 e. The van der Waals surface area contributed by atoms with Gasteiger partial charge in [-0.25, -0.2) is 9.97 Å². The van der Waals surface area contributed by atoms with Crippen LogP contribution in [0.15, 0.2) is 12.4 Å². The van der Waals surface area contributed by atoms with Crippen molar-refractivity contribution in [2.45, 2.75) is 47.1 Å². The average molecular weight is 327 g/mol. The van der Waals surface area contributed by atoms with E-state index in [2.05, 4.69) is 46.3 Å². The molecule has 1 unspecified atom stereocenters. The highest BCUT2D eigenvalue weighted by molar-refractivity contribution is 5.56. The molecule has 0 amide bonds. The van der Waals surface area contributed by atoms with Crippen molar-refractivity contribution in [1.29, 1.82) is 0 Å². The molecular formula is C17H25N7. The molecule has 0 aromatic carbocycles. The second-order valence-electron chi connectivity index (χ2n) is 6.80. The highest BCUT2D eigenvalue weighted by Crippen LogP contribution is 2.26. The first kappa shape index (κ1) is 16.4. The normalized spacial score (nSPS) is 13.0. The van der Waals surface area contributed by atoms with Gasteiger partial charge in [0.15, 0.2) is 5.65 Å². The van der Waals surface area contributed by atoms with E-state index in [0.717, 1.165) is 40.7 Å². The van der Waals surface area contributed by atoms with Crippen LogP contribution < -0.4 is 5.32 Å². The van der Waals surface area contributed by atoms with E-state index in [4.69, 9.17) is 0 Å². The van der Waals surface area contributed by atoms with Gasteiger partial charge in [0.25, 0.3) is 0 Å². The molecule has 7 heteroatoms. The van der Waals surface area contributed by atoms with Crippen LogP contribution in [0, 0.1) is 26.7 Å². The predicted molar refractivity (Wildman–Crippen MR) is 94.0 cm³/mol. The summed E-state index contributed by atoms with van der Waals surface area (Å²) in [5, 5.41) is 12.5. The Hall–Kier alpha value is -2.44. The predicted octanol–water partition coefficient (Wildman–Crippen LogP) is 2.98. The SMILES string of the molecule is Cc1cc(NC(CC(C)C)c2ncnn2C)n2nc(C)c(C)c2n1. The summed E-state index contributed by atoms with van der Waals surface area (Å²) in [5.74, 6) is 2.38. The molecule has 0 bridgehead atoms. The Morgan fingerprint density at radius 2 is 1.96 bits per heavy atom. The maximum atomic E-state index is 4.64. The molecule has 3 heterocycles. The first-order chi connectivity index (χ1) is 11.4. The Morgan fingerprint density at radius 3 is 2.58 bits per heavy atom. The van der Waals surface area contributed by atoms with Crippen molar-refractivity contribution in [3.8, 4) is 0 Å². The van der Waals surface area contributed by atoms with E-state index in [9.17, 15) is 0 Å². The molecule has 0 saturated heterocycles. The highest BCUT2D eigenvalue weighted by atomic mass is 15.3. The Kier molecular flexibility index (Phi) is 4.26. The van der Waals surface area contributed by atoms with Gasteiger partial charge in [0.1, 0.15) is 18.0 Å². The second-order valence-corrected chi connectivity index (χ2v) is 6.80. The smallest absolute Gasteiger partial charge is 0.160 e. The zero-order valence-corrected chi connectivity index (χ0v) is 15.2. The molecule has 0 aliphatic carbocycles. The number of hydrogen-bond donors (Lipinski definition) is 1. The van der Waals surface area contributed by atoms with Crippen LogP contribution >= 0.6 is 0 Å². The van der Waals surface area contributed by atoms with Crippen molar-refractivity contribution < 1.29 is 0 Å². The van der Waals surface area contributed by atoms with Crippen LogP contribution in [0.1, 0.15) is 49.1 Å². The van der Waals surface area contributed by atoms with Crippen molar-refractivity contribution in [3.05, 3.63) is 35.2 Å². The van der Waals surface area contributed by atoms with Gasteiger partial charge < -0.3 is 5.32 Å². The molecule has 1 N–H and O–H groups in total. The Labute approximate surface area is 142 Å². The standard InChI is InChI=1S/C17H25N7/c1-10(2)7-14(17-18-9-19-23(17)6)21-15-8-11(3)20-16-12(4)13(5)22-24(15)16/h8-10,14,21H,7H2,1-6H3. The van der Waals surface area contributed by atoms with Crippen LogP contribution in [0.3, 0.4) is 0 Å². The number of hydrogen-bond acceptors (Lipinski definition) is 5. The van der Waals surface area contributed by atoms with E-state index in [1.165, 1.54) is 0 Å². The van der Waals surface area contributed by atoms with Crippen molar-refractivity contribution in [1.82, 2.24) is 29.4 Å². The first-order valence-electron chi connectivity index (χ1n) is 8.30. The Bertz CT molecular complexity index is 859. The number of nitrogens with one attached hydrogen (secondary N) is 1. The minimum Gasteiger partial charge on any atom is -0.360 e. The summed E-state index contributed by atoms with van der Waals surface area (Å²) in [6.07, 6.45) is 2.55. The molecule has 0 spiro atoms. The average Bonchev–Trinajstić information content (AvgIpc) is 3.04. The third kappa shape index (κ3) is 2.98. The summed E-state index contributed by atoms with van der Waals surface area (Å²) in [6, 6.07) is 2.09. The van der Waals surface area contributed by atoms with E-state index in [1.807, 2.05) is 36.2 Å². The molecule has 0 radical (unpaired) electrons. The van der Waals surface area contributed by atoms with E-state index >= 15 is 0 Å². The van der Waals surface area contributed by atoms with Crippen molar-refractivity contribution in [2.75, 3.05) is 5.32 Å². The monoisotopic (exact) mass is 327 g/mol. The van der Waals surface area contributed by atoms with Crippen LogP contribution in [0.2, 0.25) is 0 Å². The van der Waals surface area contributed by atoms with Gasteiger partial charge in [0, 0.05) is 24.4 Å². The van der Waals surface area contributed by atoms with Crippen LogP contribution in [0.25, 0.3) is 5.65 Å². The van der Waals surface area contributed by atoms with Crippen molar-refractivity contribution in [3.63, 3.8) is 0 Å². The van der Waals surface area contributed by atoms with E-state index in [-0.39, 0.29) is 6.04 Å². The van der Waals surface area contributed by atoms with E-state index in [1.54, 1.807) is 6.33 Å². The second kappa shape index (κ2) is 6.22. The summed E-state index contributed by atoms with van der Waals surface area (Å²) in [5.41, 5.74) is 3.97. The minimum absolute atomic E-state index is 0.0623. The van der Waals surface area contributed by atoms with Crippen molar-refractivity contribution >= 4 is 11.5 Å². The molecule has 0 saturated carbocycles. The van der Waals surface area contributed by atoms with Gasteiger partial charge in [0.2, 0.25) is 0 Å². The van der Waals surface area contributed by atoms with Gasteiger partial charge >= 0.3 is 0 Å². The summed E-state index contributed by atoms with van der Waals surface area (Å²) < 4.78 is 3.71. The fourth-order valence-electron chi connectivity index (χ4n) is 2.95. The third-order valence-electron chi connectivity index (χ3n) is 4.27. The van der Waals surface area contributed by atoms with Gasteiger partial charge in [-0.2, -0.15) is 14.7 Å². The molecule has 128 valence electrons. The lowest BCUT2D eigenvalue weighted by atomic mass is 10.0. The minimum atomic E-state index is 0.0623. The maximum absolute atomic E-state index is 4.64. The topological polar surface area (TPSA) is 72.9 Å². The molecule has 3 aromatic heterocycles. The summed E-state index contributed by atoms with van der Waals surface area (Å²) >= 11 is 0. The van der Waals surface area contributed by atoms with Gasteiger partial charge in [-0.3, -0.25) is 4.68 Å². The van der Waals surface area contributed by atoms with Gasteiger partial charge in [-0.1, -0.05) is 13.8 Å². The number of anilines is 1. The molecule has 0 aliphatic heterocycles. The van der Waals surface area contributed by atoms with Crippen LogP contribution in [0.4, 0.5) is 5.82 Å². The molecule has 3 rings (SSSR count). The quantitative estimate of drug-likeness (QED) is 0.780. The number of aryl methyl sites for hydroxylation is 4. The first-order valence-corrected chi connectivity index (χ1v) is 8.30. The largest absolute Gasteiger partial charge is 0.360 e. The molecular weight excluding hydrogens is 302 g/mol. The molecule has 7 nitrogen and oxygen atoms in total. The fraction of sp³-hybridized carbons (Fsp3) is 0.529. The molecule has 24 heavy (non-hydrogen) atoms. The van der Waals surface area contributed by atoms with Crippen LogP contribution in [-0.2, 0) is 7.05 Å². The van der Waals surface area contributed by atoms with E-state index in [0.29, 0.717) is 5.92 Å². The number of nitrogens with zero attached hydrogens (tertiary/aromatic N) is 6. The van der Waals surface area contributed by atoms with Crippen LogP contribution in [-0.4, -0.2) is 29.4 Å². The number of aromatic nitrogens is 6. The zero-order chi connectivity index (χ0) is 17.4. The fourth-order valence-corrected chi connectivity index (χ4v) is 2.95. The molecule has 1 atom stereocenters. The summed E-state index contributed by atoms with van der Waals surface area (Å²) in [4.78, 5) is 9.07. The Balaban J connectivity index is 2.05. The Morgan fingerprint density at radius 1 is 1.21 bits per heavy atom.